The second-order valence-corrected chi connectivity index (χ2v) is 4.76. The van der Waals surface area contributed by atoms with Gasteiger partial charge in [-0.15, -0.1) is 0 Å². The van der Waals surface area contributed by atoms with E-state index in [2.05, 4.69) is 12.2 Å². The van der Waals surface area contributed by atoms with Gasteiger partial charge in [-0.2, -0.15) is 0 Å². The average molecular weight is 208 g/mol. The summed E-state index contributed by atoms with van der Waals surface area (Å²) in [6.07, 6.45) is 7.11. The van der Waals surface area contributed by atoms with E-state index in [0.717, 1.165) is 12.8 Å². The fourth-order valence-electron chi connectivity index (χ4n) is 3.48. The SMILES string of the molecule is CO[C@@]12OC[C@H]3C=CC[C@@H](CCC1=O)[C@H]32. The maximum Gasteiger partial charge on any atom is 0.232 e. The van der Waals surface area contributed by atoms with E-state index < -0.39 is 5.79 Å². The number of methoxy groups -OCH3 is 1. The highest BCUT2D eigenvalue weighted by molar-refractivity contribution is 5.87. The number of ketones is 1. The number of allylic oxidation sites excluding steroid dienone is 1. The van der Waals surface area contributed by atoms with Crippen molar-refractivity contribution in [3.05, 3.63) is 12.2 Å². The largest absolute Gasteiger partial charge is 0.347 e. The van der Waals surface area contributed by atoms with Crippen molar-refractivity contribution in [1.29, 1.82) is 0 Å². The molecule has 1 heterocycles. The van der Waals surface area contributed by atoms with Gasteiger partial charge in [0.05, 0.1) is 6.61 Å². The average Bonchev–Trinajstić information content (AvgIpc) is 2.66. The van der Waals surface area contributed by atoms with Gasteiger partial charge in [-0.3, -0.25) is 4.79 Å². The van der Waals surface area contributed by atoms with Crippen LogP contribution in [0.4, 0.5) is 0 Å². The van der Waals surface area contributed by atoms with E-state index in [4.69, 9.17) is 9.47 Å². The van der Waals surface area contributed by atoms with Gasteiger partial charge in [0.1, 0.15) is 0 Å². The lowest BCUT2D eigenvalue weighted by Crippen LogP contribution is -2.53. The van der Waals surface area contributed by atoms with Crippen LogP contribution in [-0.2, 0) is 14.3 Å². The van der Waals surface area contributed by atoms with E-state index in [9.17, 15) is 4.79 Å². The predicted octanol–water partition coefficient (Wildman–Crippen LogP) is 1.53. The molecule has 0 spiro atoms. The molecule has 3 rings (SSSR count). The Bertz CT molecular complexity index is 323. The molecule has 1 aliphatic heterocycles. The van der Waals surface area contributed by atoms with Gasteiger partial charge in [0, 0.05) is 25.4 Å². The number of carbonyl (C=O) groups excluding carboxylic acids is 1. The van der Waals surface area contributed by atoms with Crippen LogP contribution in [0.5, 0.6) is 0 Å². The molecule has 82 valence electrons. The van der Waals surface area contributed by atoms with Gasteiger partial charge in [0.15, 0.2) is 5.78 Å². The normalized spacial score (nSPS) is 48.1. The zero-order valence-corrected chi connectivity index (χ0v) is 8.94. The summed E-state index contributed by atoms with van der Waals surface area (Å²) in [5, 5.41) is 0. The minimum atomic E-state index is -0.904. The summed E-state index contributed by atoms with van der Waals surface area (Å²) in [6.45, 7) is 0.636. The molecule has 3 nitrogen and oxygen atoms in total. The molecule has 0 aromatic rings. The number of rotatable bonds is 1. The third-order valence-corrected chi connectivity index (χ3v) is 4.15. The molecule has 0 unspecified atom stereocenters. The van der Waals surface area contributed by atoms with Crippen LogP contribution >= 0.6 is 0 Å². The fraction of sp³-hybridized carbons (Fsp3) is 0.750. The van der Waals surface area contributed by atoms with Crippen LogP contribution in [0.1, 0.15) is 19.3 Å². The summed E-state index contributed by atoms with van der Waals surface area (Å²) in [5.74, 6) is 0.448. The molecule has 1 saturated heterocycles. The molecule has 15 heavy (non-hydrogen) atoms. The van der Waals surface area contributed by atoms with Crippen molar-refractivity contribution in [2.45, 2.75) is 25.0 Å². The van der Waals surface area contributed by atoms with Crippen molar-refractivity contribution in [2.75, 3.05) is 13.7 Å². The van der Waals surface area contributed by atoms with Crippen LogP contribution in [-0.4, -0.2) is 25.3 Å². The van der Waals surface area contributed by atoms with Crippen LogP contribution in [0.25, 0.3) is 0 Å². The summed E-state index contributed by atoms with van der Waals surface area (Å²) in [4.78, 5) is 12.0. The summed E-state index contributed by atoms with van der Waals surface area (Å²) < 4.78 is 11.1. The monoisotopic (exact) mass is 208 g/mol. The third kappa shape index (κ3) is 1.11. The van der Waals surface area contributed by atoms with Gasteiger partial charge in [0.25, 0.3) is 0 Å². The Labute approximate surface area is 89.4 Å². The van der Waals surface area contributed by atoms with Crippen LogP contribution in [0, 0.1) is 17.8 Å². The summed E-state index contributed by atoms with van der Waals surface area (Å²) in [6, 6.07) is 0. The molecule has 4 atom stereocenters. The lowest BCUT2D eigenvalue weighted by atomic mass is 9.66. The fourth-order valence-corrected chi connectivity index (χ4v) is 3.48. The molecule has 0 bridgehead atoms. The highest BCUT2D eigenvalue weighted by Crippen LogP contribution is 2.51. The Kier molecular flexibility index (Phi) is 2.01. The Morgan fingerprint density at radius 2 is 2.47 bits per heavy atom. The summed E-state index contributed by atoms with van der Waals surface area (Å²) in [5.41, 5.74) is 0. The van der Waals surface area contributed by atoms with Crippen molar-refractivity contribution >= 4 is 5.78 Å². The van der Waals surface area contributed by atoms with E-state index in [1.807, 2.05) is 0 Å². The van der Waals surface area contributed by atoms with Crippen molar-refractivity contribution in [2.24, 2.45) is 17.8 Å². The van der Waals surface area contributed by atoms with Crippen molar-refractivity contribution in [3.63, 3.8) is 0 Å². The van der Waals surface area contributed by atoms with E-state index in [1.165, 1.54) is 0 Å². The maximum atomic E-state index is 12.0. The number of hydrogen-bond acceptors (Lipinski definition) is 3. The third-order valence-electron chi connectivity index (χ3n) is 4.15. The molecule has 3 heteroatoms. The Hall–Kier alpha value is -0.670. The molecule has 2 fully saturated rings. The molecule has 0 aromatic carbocycles. The van der Waals surface area contributed by atoms with E-state index in [-0.39, 0.29) is 11.7 Å². The minimum Gasteiger partial charge on any atom is -0.347 e. The first-order chi connectivity index (χ1) is 7.28. The Morgan fingerprint density at radius 1 is 1.60 bits per heavy atom. The second-order valence-electron chi connectivity index (χ2n) is 4.76. The van der Waals surface area contributed by atoms with Crippen molar-refractivity contribution < 1.29 is 14.3 Å². The van der Waals surface area contributed by atoms with Gasteiger partial charge >= 0.3 is 0 Å². The highest BCUT2D eigenvalue weighted by Gasteiger charge is 2.60. The van der Waals surface area contributed by atoms with Crippen molar-refractivity contribution in [1.82, 2.24) is 0 Å². The highest BCUT2D eigenvalue weighted by atomic mass is 16.7. The lowest BCUT2D eigenvalue weighted by molar-refractivity contribution is -0.226. The first-order valence-electron chi connectivity index (χ1n) is 5.67. The molecule has 1 saturated carbocycles. The maximum absolute atomic E-state index is 12.0. The molecule has 3 aliphatic rings. The molecule has 0 radical (unpaired) electrons. The van der Waals surface area contributed by atoms with Crippen LogP contribution in [0.3, 0.4) is 0 Å². The standard InChI is InChI=1S/C12H16O3/c1-14-12-10(13)6-5-8-3-2-4-9(7-15-12)11(8)12/h2,4,8-9,11H,3,5-7H2,1H3/t8-,9+,11+,12+/m0/s1. The van der Waals surface area contributed by atoms with Gasteiger partial charge in [-0.1, -0.05) is 12.2 Å². The molecule has 0 aromatic heterocycles. The van der Waals surface area contributed by atoms with Crippen molar-refractivity contribution in [3.8, 4) is 0 Å². The smallest absolute Gasteiger partial charge is 0.232 e. The van der Waals surface area contributed by atoms with E-state index in [0.29, 0.717) is 24.9 Å². The van der Waals surface area contributed by atoms with Crippen LogP contribution in [0.15, 0.2) is 12.2 Å². The predicted molar refractivity (Wildman–Crippen MR) is 54.2 cm³/mol. The number of carbonyl (C=O) groups is 1. The molecule has 0 N–H and O–H groups in total. The van der Waals surface area contributed by atoms with Gasteiger partial charge < -0.3 is 9.47 Å². The quantitative estimate of drug-likeness (QED) is 0.613. The number of Topliss-reactive ketones (excluding diaryl/α,β-unsaturated/α-hetero) is 1. The second kappa shape index (κ2) is 3.16. The molecular weight excluding hydrogens is 192 g/mol. The zero-order chi connectivity index (χ0) is 10.5. The molecule has 0 amide bonds. The van der Waals surface area contributed by atoms with Gasteiger partial charge in [-0.05, 0) is 18.8 Å². The minimum absolute atomic E-state index is 0.143. The van der Waals surface area contributed by atoms with E-state index >= 15 is 0 Å². The number of ether oxygens (including phenoxy) is 2. The first-order valence-corrected chi connectivity index (χ1v) is 5.67. The number of hydrogen-bond donors (Lipinski definition) is 0. The summed E-state index contributed by atoms with van der Waals surface area (Å²) in [7, 11) is 1.60. The molecular formula is C12H16O3. The van der Waals surface area contributed by atoms with Crippen LogP contribution in [0.2, 0.25) is 0 Å². The topological polar surface area (TPSA) is 35.5 Å². The van der Waals surface area contributed by atoms with Gasteiger partial charge in [-0.25, -0.2) is 0 Å². The van der Waals surface area contributed by atoms with Gasteiger partial charge in [0.2, 0.25) is 5.79 Å². The summed E-state index contributed by atoms with van der Waals surface area (Å²) >= 11 is 0. The molecule has 2 aliphatic carbocycles. The zero-order valence-electron chi connectivity index (χ0n) is 8.94. The Morgan fingerprint density at radius 3 is 3.27 bits per heavy atom. The van der Waals surface area contributed by atoms with Crippen LogP contribution < -0.4 is 0 Å². The van der Waals surface area contributed by atoms with E-state index in [1.54, 1.807) is 7.11 Å². The first kappa shape index (κ1) is 9.55. The lowest BCUT2D eigenvalue weighted by Gasteiger charge is -2.42. The Balaban J connectivity index is 2.04.